The number of halogens is 4. The van der Waals surface area contributed by atoms with Crippen molar-refractivity contribution in [2.24, 2.45) is 17.8 Å². The summed E-state index contributed by atoms with van der Waals surface area (Å²) in [6.07, 6.45) is 13.3. The smallest absolute Gasteiger partial charge is 0.161 e. The van der Waals surface area contributed by atoms with E-state index in [4.69, 9.17) is 0 Å². The van der Waals surface area contributed by atoms with Crippen LogP contribution in [0.2, 0.25) is 0 Å². The van der Waals surface area contributed by atoms with Gasteiger partial charge in [-0.25, -0.2) is 72.7 Å². The third kappa shape index (κ3) is 13.6. The molecule has 3 unspecified atom stereocenters. The number of anilines is 3. The number of benzene rings is 3. The van der Waals surface area contributed by atoms with Gasteiger partial charge in [-0.2, -0.15) is 0 Å². The molecule has 9 rings (SSSR count). The van der Waals surface area contributed by atoms with Crippen LogP contribution in [0.1, 0.15) is 38.5 Å². The molecular weight excluding hydrogens is 935 g/mol. The molecule has 3 aliphatic heterocycles. The molecule has 67 heavy (non-hydrogen) atoms. The first-order valence-electron chi connectivity index (χ1n) is 21.9. The van der Waals surface area contributed by atoms with Gasteiger partial charge in [0.15, 0.2) is 11.6 Å². The highest BCUT2D eigenvalue weighted by Crippen LogP contribution is 2.32. The molecular formula is C45H53F4N9O6S3. The van der Waals surface area contributed by atoms with Gasteiger partial charge in [0.25, 0.3) is 0 Å². The number of rotatable bonds is 9. The normalized spacial score (nSPS) is 19.4. The quantitative estimate of drug-likeness (QED) is 0.148. The lowest BCUT2D eigenvalue weighted by Crippen LogP contribution is -2.38. The Morgan fingerprint density at radius 1 is 0.463 bits per heavy atom. The highest BCUT2D eigenvalue weighted by Gasteiger charge is 2.28. The van der Waals surface area contributed by atoms with E-state index in [0.717, 1.165) is 75.0 Å². The molecule has 0 amide bonds. The lowest BCUT2D eigenvalue weighted by atomic mass is 10.00. The number of fused-ring (bicyclic) bond motifs is 3. The van der Waals surface area contributed by atoms with Crippen molar-refractivity contribution in [2.75, 3.05) is 90.0 Å². The summed E-state index contributed by atoms with van der Waals surface area (Å²) in [6, 6.07) is 11.1. The predicted molar refractivity (Wildman–Crippen MR) is 252 cm³/mol. The van der Waals surface area contributed by atoms with Crippen LogP contribution in [0.4, 0.5) is 35.0 Å². The van der Waals surface area contributed by atoms with Crippen LogP contribution in [-0.4, -0.2) is 130 Å². The van der Waals surface area contributed by atoms with E-state index in [1.165, 1.54) is 62.0 Å². The van der Waals surface area contributed by atoms with Gasteiger partial charge in [0, 0.05) is 86.3 Å². The summed E-state index contributed by atoms with van der Waals surface area (Å²) < 4.78 is 123. The summed E-state index contributed by atoms with van der Waals surface area (Å²) in [5.74, 6) is 0.105. The minimum atomic E-state index is -3.05. The molecule has 6 aromatic rings. The predicted octanol–water partition coefficient (Wildman–Crippen LogP) is 6.23. The van der Waals surface area contributed by atoms with Crippen LogP contribution in [0.5, 0.6) is 0 Å². The molecule has 360 valence electrons. The summed E-state index contributed by atoms with van der Waals surface area (Å²) in [7, 11) is -9.04. The molecule has 6 heterocycles. The topological polar surface area (TPSA) is 189 Å². The average Bonchev–Trinajstić information content (AvgIpc) is 3.25. The van der Waals surface area contributed by atoms with Crippen LogP contribution in [0.3, 0.4) is 0 Å². The van der Waals surface area contributed by atoms with E-state index in [1.54, 1.807) is 12.1 Å². The number of aromatic nitrogens is 6. The van der Waals surface area contributed by atoms with Gasteiger partial charge in [-0.05, 0) is 92.7 Å². The first kappa shape index (κ1) is 49.6. The van der Waals surface area contributed by atoms with Crippen molar-refractivity contribution in [3.05, 3.63) is 90.8 Å². The van der Waals surface area contributed by atoms with E-state index >= 15 is 0 Å². The van der Waals surface area contributed by atoms with Gasteiger partial charge in [0.1, 0.15) is 77.6 Å². The molecule has 0 spiro atoms. The molecule has 0 aliphatic carbocycles. The van der Waals surface area contributed by atoms with Crippen molar-refractivity contribution in [2.45, 2.75) is 38.5 Å². The summed E-state index contributed by atoms with van der Waals surface area (Å²) in [6.45, 7) is 4.11. The van der Waals surface area contributed by atoms with Crippen molar-refractivity contribution in [3.8, 4) is 0 Å². The summed E-state index contributed by atoms with van der Waals surface area (Å²) >= 11 is 0. The van der Waals surface area contributed by atoms with Crippen LogP contribution in [-0.2, 0) is 29.5 Å². The van der Waals surface area contributed by atoms with Gasteiger partial charge in [-0.1, -0.05) is 0 Å². The Morgan fingerprint density at radius 2 is 0.836 bits per heavy atom. The van der Waals surface area contributed by atoms with Crippen molar-refractivity contribution in [1.82, 2.24) is 29.9 Å². The highest BCUT2D eigenvalue weighted by atomic mass is 32.2. The zero-order valence-electron chi connectivity index (χ0n) is 37.4. The van der Waals surface area contributed by atoms with Crippen LogP contribution in [0.15, 0.2) is 67.5 Å². The van der Waals surface area contributed by atoms with Crippen LogP contribution < -0.4 is 14.7 Å². The van der Waals surface area contributed by atoms with Gasteiger partial charge in [-0.15, -0.1) is 0 Å². The molecule has 0 radical (unpaired) electrons. The molecule has 3 fully saturated rings. The molecule has 22 heteroatoms. The van der Waals surface area contributed by atoms with Crippen LogP contribution in [0, 0.1) is 41.0 Å². The van der Waals surface area contributed by atoms with Crippen LogP contribution >= 0.6 is 0 Å². The van der Waals surface area contributed by atoms with E-state index < -0.39 is 41.1 Å². The Labute approximate surface area is 387 Å². The standard InChI is InChI=1S/C15H17F2N3O2S.2C15H18FN3O2S/c1-23(21,22)8-10-3-2-4-20(7-10)15-11-5-12(16)13(17)6-14(11)18-9-19-15;1-22(20,21)9-11-3-2-6-19(8-11)15-13-7-12(16)4-5-14(13)17-10-18-15;1-22(20,21)9-11-3-2-6-19(8-11)15-13-5-4-12(16)7-14(13)17-10-18-15/h5-6,9-10H,2-4,7-8H2,1H3;2*4-5,7,10-11H,2-3,6,8-9H2,1H3. The van der Waals surface area contributed by atoms with Gasteiger partial charge >= 0.3 is 0 Å². The van der Waals surface area contributed by atoms with E-state index in [-0.39, 0.29) is 46.6 Å². The van der Waals surface area contributed by atoms with E-state index in [9.17, 15) is 42.8 Å². The molecule has 3 atom stereocenters. The Bertz CT molecular complexity index is 3080. The number of hydrogen-bond acceptors (Lipinski definition) is 15. The Morgan fingerprint density at radius 3 is 1.30 bits per heavy atom. The van der Waals surface area contributed by atoms with Crippen LogP contribution in [0.25, 0.3) is 32.7 Å². The first-order chi connectivity index (χ1) is 31.7. The van der Waals surface area contributed by atoms with Crippen molar-refractivity contribution >= 4 is 79.7 Å². The fourth-order valence-corrected chi connectivity index (χ4v) is 12.7. The Balaban J connectivity index is 0.000000149. The maximum Gasteiger partial charge on any atom is 0.161 e. The second-order valence-corrected chi connectivity index (χ2v) is 24.4. The fraction of sp³-hybridized carbons (Fsp3) is 0.467. The van der Waals surface area contributed by atoms with Gasteiger partial charge in [0.2, 0.25) is 0 Å². The van der Waals surface area contributed by atoms with Gasteiger partial charge in [0.05, 0.1) is 33.8 Å². The second kappa shape index (κ2) is 20.9. The molecule has 0 saturated carbocycles. The van der Waals surface area contributed by atoms with Crippen molar-refractivity contribution in [3.63, 3.8) is 0 Å². The molecule has 15 nitrogen and oxygen atoms in total. The third-order valence-corrected chi connectivity index (χ3v) is 15.1. The number of nitrogens with zero attached hydrogens (tertiary/aromatic N) is 9. The SMILES string of the molecule is CS(=O)(=O)CC1CCCN(c2ncnc3cc(F)c(F)cc23)C1.CS(=O)(=O)CC1CCCN(c2ncnc3cc(F)ccc23)C1.CS(=O)(=O)CC1CCCN(c2ncnc3ccc(F)cc23)C1. The lowest BCUT2D eigenvalue weighted by Gasteiger charge is -2.33. The zero-order valence-corrected chi connectivity index (χ0v) is 39.9. The molecule has 3 aromatic heterocycles. The summed E-state index contributed by atoms with van der Waals surface area (Å²) in [5, 5.41) is 1.90. The molecule has 3 aliphatic rings. The van der Waals surface area contributed by atoms with E-state index in [1.807, 2.05) is 9.80 Å². The van der Waals surface area contributed by atoms with Crippen molar-refractivity contribution in [1.29, 1.82) is 0 Å². The molecule has 0 N–H and O–H groups in total. The minimum Gasteiger partial charge on any atom is -0.356 e. The monoisotopic (exact) mass is 987 g/mol. The molecule has 3 saturated heterocycles. The minimum absolute atomic E-state index is 0.00839. The fourth-order valence-electron chi connectivity index (χ4n) is 9.29. The van der Waals surface area contributed by atoms with E-state index in [2.05, 4.69) is 34.8 Å². The number of piperidine rings is 3. The highest BCUT2D eigenvalue weighted by molar-refractivity contribution is 7.91. The second-order valence-electron chi connectivity index (χ2n) is 17.8. The largest absolute Gasteiger partial charge is 0.356 e. The Kier molecular flexibility index (Phi) is 15.4. The average molecular weight is 988 g/mol. The number of hydrogen-bond donors (Lipinski definition) is 0. The van der Waals surface area contributed by atoms with Crippen molar-refractivity contribution < 1.29 is 42.8 Å². The summed E-state index contributed by atoms with van der Waals surface area (Å²) in [5.41, 5.74) is 1.59. The molecule has 0 bridgehead atoms. The third-order valence-electron chi connectivity index (χ3n) is 11.9. The Hall–Kier alpha value is -5.35. The van der Waals surface area contributed by atoms with Gasteiger partial charge < -0.3 is 14.7 Å². The lowest BCUT2D eigenvalue weighted by molar-refractivity contribution is 0.443. The summed E-state index contributed by atoms with van der Waals surface area (Å²) in [4.78, 5) is 31.1. The molecule has 3 aromatic carbocycles. The number of sulfone groups is 3. The maximum absolute atomic E-state index is 13.6. The van der Waals surface area contributed by atoms with E-state index in [0.29, 0.717) is 65.1 Å². The zero-order chi connectivity index (χ0) is 48.1. The van der Waals surface area contributed by atoms with Gasteiger partial charge in [-0.3, -0.25) is 0 Å². The first-order valence-corrected chi connectivity index (χ1v) is 28.0. The maximum atomic E-state index is 13.6.